The maximum atomic E-state index is 14.5. The van der Waals surface area contributed by atoms with Crippen LogP contribution in [0.25, 0.3) is 0 Å². The van der Waals surface area contributed by atoms with Gasteiger partial charge < -0.3 is 15.8 Å². The summed E-state index contributed by atoms with van der Waals surface area (Å²) >= 11 is 0. The van der Waals surface area contributed by atoms with Crippen molar-refractivity contribution >= 4 is 18.2 Å². The summed E-state index contributed by atoms with van der Waals surface area (Å²) in [5.74, 6) is -2.66. The van der Waals surface area contributed by atoms with Crippen LogP contribution in [-0.4, -0.2) is 30.2 Å². The summed E-state index contributed by atoms with van der Waals surface area (Å²) in [4.78, 5) is 36.3. The Balaban J connectivity index is 3.05. The van der Waals surface area contributed by atoms with Crippen molar-refractivity contribution in [3.63, 3.8) is 0 Å². The topological polar surface area (TPSA) is 98.5 Å². The number of carbonyl (C=O) groups excluding carboxylic acids is 3. The van der Waals surface area contributed by atoms with E-state index < -0.39 is 35.5 Å². The molecule has 1 aromatic carbocycles. The predicted octanol–water partition coefficient (Wildman–Crippen LogP) is 3.18. The third kappa shape index (κ3) is 6.41. The Morgan fingerprint density at radius 2 is 1.79 bits per heavy atom. The van der Waals surface area contributed by atoms with E-state index in [4.69, 9.17) is 10.5 Å². The first-order chi connectivity index (χ1) is 13.0. The fraction of sp³-hybridized carbons (Fsp3) is 0.571. The molecule has 0 saturated heterocycles. The van der Waals surface area contributed by atoms with Crippen molar-refractivity contribution < 1.29 is 23.5 Å². The summed E-state index contributed by atoms with van der Waals surface area (Å²) in [5.41, 5.74) is 6.43. The molecular weight excluding hydrogens is 363 g/mol. The number of esters is 1. The highest BCUT2D eigenvalue weighted by Crippen LogP contribution is 2.27. The summed E-state index contributed by atoms with van der Waals surface area (Å²) in [6.45, 7) is 11.0. The van der Waals surface area contributed by atoms with Gasteiger partial charge in [0.15, 0.2) is 17.9 Å². The summed E-state index contributed by atoms with van der Waals surface area (Å²) in [7, 11) is 0. The van der Waals surface area contributed by atoms with E-state index in [0.717, 1.165) is 0 Å². The second-order valence-electron chi connectivity index (χ2n) is 8.08. The molecule has 1 rings (SSSR count). The highest BCUT2D eigenvalue weighted by Gasteiger charge is 2.30. The number of nitrogens with one attached hydrogen (secondary N) is 1. The second-order valence-corrected chi connectivity index (χ2v) is 8.08. The Morgan fingerprint density at radius 1 is 1.18 bits per heavy atom. The van der Waals surface area contributed by atoms with Crippen LogP contribution in [0.3, 0.4) is 0 Å². The van der Waals surface area contributed by atoms with E-state index in [-0.39, 0.29) is 23.3 Å². The Hall–Kier alpha value is -2.28. The molecule has 0 bridgehead atoms. The van der Waals surface area contributed by atoms with Crippen LogP contribution in [0.5, 0.6) is 5.75 Å². The Kier molecular flexibility index (Phi) is 8.75. The molecule has 0 aliphatic rings. The number of hydrogen-bond donors (Lipinski definition) is 2. The van der Waals surface area contributed by atoms with Gasteiger partial charge in [0.2, 0.25) is 5.91 Å². The fourth-order valence-electron chi connectivity index (χ4n) is 2.70. The van der Waals surface area contributed by atoms with E-state index in [9.17, 15) is 18.8 Å². The number of ether oxygens (including phenoxy) is 1. The number of nitrogens with two attached hydrogens (primary N) is 1. The smallest absolute Gasteiger partial charge is 0.334 e. The molecule has 0 aliphatic carbocycles. The molecule has 0 aromatic heterocycles. The van der Waals surface area contributed by atoms with Crippen molar-refractivity contribution in [2.75, 3.05) is 0 Å². The molecule has 2 atom stereocenters. The highest BCUT2D eigenvalue weighted by molar-refractivity contribution is 5.89. The number of rotatable bonds is 9. The normalized spacial score (nSPS) is 13.5. The highest BCUT2D eigenvalue weighted by atomic mass is 19.1. The molecule has 0 aliphatic heterocycles. The number of halogens is 1. The number of benzene rings is 1. The average molecular weight is 394 g/mol. The van der Waals surface area contributed by atoms with Gasteiger partial charge in [0.1, 0.15) is 6.04 Å². The summed E-state index contributed by atoms with van der Waals surface area (Å²) in [6, 6.07) is 0.947. The van der Waals surface area contributed by atoms with Crippen LogP contribution >= 0.6 is 0 Å². The van der Waals surface area contributed by atoms with Crippen LogP contribution in [0.4, 0.5) is 4.39 Å². The van der Waals surface area contributed by atoms with E-state index in [1.54, 1.807) is 13.8 Å². The van der Waals surface area contributed by atoms with E-state index in [0.29, 0.717) is 18.3 Å². The van der Waals surface area contributed by atoms with Gasteiger partial charge in [0.05, 0.1) is 11.6 Å². The minimum atomic E-state index is -1.02. The van der Waals surface area contributed by atoms with E-state index in [1.165, 1.54) is 12.1 Å². The van der Waals surface area contributed by atoms with Crippen LogP contribution < -0.4 is 15.8 Å². The lowest BCUT2D eigenvalue weighted by Gasteiger charge is -2.23. The molecule has 1 aromatic rings. The summed E-state index contributed by atoms with van der Waals surface area (Å²) in [5, 5.41) is 2.58. The zero-order valence-electron chi connectivity index (χ0n) is 17.4. The monoisotopic (exact) mass is 394 g/mol. The largest absolute Gasteiger partial charge is 0.421 e. The van der Waals surface area contributed by atoms with Crippen molar-refractivity contribution in [1.82, 2.24) is 5.32 Å². The SMILES string of the molecule is CC(C)C[C@H](N)C(=O)N[C@H](C(=O)Oc1c(F)cc(C(C)C)cc1C=O)C(C)C. The molecule has 3 N–H and O–H groups in total. The van der Waals surface area contributed by atoms with Gasteiger partial charge in [-0.15, -0.1) is 0 Å². The molecule has 0 unspecified atom stereocenters. The molecule has 7 heteroatoms. The second kappa shape index (κ2) is 10.3. The minimum Gasteiger partial charge on any atom is -0.421 e. The zero-order chi connectivity index (χ0) is 21.6. The first-order valence-electron chi connectivity index (χ1n) is 9.54. The average Bonchev–Trinajstić information content (AvgIpc) is 2.59. The molecule has 0 saturated carbocycles. The maximum absolute atomic E-state index is 14.5. The van der Waals surface area contributed by atoms with Crippen molar-refractivity contribution in [3.8, 4) is 5.75 Å². The molecule has 0 fully saturated rings. The van der Waals surface area contributed by atoms with Crippen molar-refractivity contribution in [2.24, 2.45) is 17.6 Å². The third-order valence-corrected chi connectivity index (χ3v) is 4.37. The summed E-state index contributed by atoms with van der Waals surface area (Å²) in [6.07, 6.45) is 0.908. The van der Waals surface area contributed by atoms with Gasteiger partial charge in [-0.1, -0.05) is 41.5 Å². The molecule has 6 nitrogen and oxygen atoms in total. The number of aldehydes is 1. The number of amides is 1. The number of carbonyl (C=O) groups is 3. The predicted molar refractivity (Wildman–Crippen MR) is 106 cm³/mol. The van der Waals surface area contributed by atoms with Gasteiger partial charge in [-0.25, -0.2) is 9.18 Å². The lowest BCUT2D eigenvalue weighted by atomic mass is 10.00. The van der Waals surface area contributed by atoms with Gasteiger partial charge in [-0.05, 0) is 41.9 Å². The van der Waals surface area contributed by atoms with E-state index in [1.807, 2.05) is 27.7 Å². The Labute approximate surface area is 166 Å². The van der Waals surface area contributed by atoms with Crippen LogP contribution in [0.15, 0.2) is 12.1 Å². The zero-order valence-corrected chi connectivity index (χ0v) is 17.4. The first-order valence-corrected chi connectivity index (χ1v) is 9.54. The van der Waals surface area contributed by atoms with Crippen molar-refractivity contribution in [3.05, 3.63) is 29.1 Å². The molecule has 1 amide bonds. The molecule has 0 radical (unpaired) electrons. The standard InChI is InChI=1S/C21H31FN2O4/c1-11(2)7-17(23)20(26)24-18(13(5)6)21(27)28-19-15(10-25)8-14(12(3)4)9-16(19)22/h8-13,17-18H,7,23H2,1-6H3,(H,24,26)/t17-,18-/m0/s1. The van der Waals surface area contributed by atoms with E-state index in [2.05, 4.69) is 5.32 Å². The quantitative estimate of drug-likeness (QED) is 0.381. The molecule has 0 spiro atoms. The van der Waals surface area contributed by atoms with Gasteiger partial charge in [0, 0.05) is 0 Å². The maximum Gasteiger partial charge on any atom is 0.334 e. The van der Waals surface area contributed by atoms with Crippen molar-refractivity contribution in [2.45, 2.75) is 66.0 Å². The Morgan fingerprint density at radius 3 is 2.25 bits per heavy atom. The van der Waals surface area contributed by atoms with Gasteiger partial charge in [-0.3, -0.25) is 9.59 Å². The van der Waals surface area contributed by atoms with Crippen LogP contribution in [0.2, 0.25) is 0 Å². The van der Waals surface area contributed by atoms with Gasteiger partial charge in [-0.2, -0.15) is 0 Å². The van der Waals surface area contributed by atoms with E-state index >= 15 is 0 Å². The summed E-state index contributed by atoms with van der Waals surface area (Å²) < 4.78 is 19.7. The van der Waals surface area contributed by atoms with Crippen LogP contribution in [0, 0.1) is 17.7 Å². The lowest BCUT2D eigenvalue weighted by molar-refractivity contribution is -0.141. The van der Waals surface area contributed by atoms with Crippen molar-refractivity contribution in [1.29, 1.82) is 0 Å². The van der Waals surface area contributed by atoms with Gasteiger partial charge >= 0.3 is 5.97 Å². The van der Waals surface area contributed by atoms with Crippen LogP contribution in [0.1, 0.15) is 69.8 Å². The Bertz CT molecular complexity index is 717. The van der Waals surface area contributed by atoms with Gasteiger partial charge in [0.25, 0.3) is 0 Å². The fourth-order valence-corrected chi connectivity index (χ4v) is 2.70. The molecular formula is C21H31FN2O4. The molecule has 156 valence electrons. The molecule has 28 heavy (non-hydrogen) atoms. The number of hydrogen-bond acceptors (Lipinski definition) is 5. The van der Waals surface area contributed by atoms with Crippen LogP contribution in [-0.2, 0) is 9.59 Å². The molecule has 0 heterocycles. The lowest BCUT2D eigenvalue weighted by Crippen LogP contribution is -2.52. The first kappa shape index (κ1) is 23.8. The minimum absolute atomic E-state index is 0.00287. The third-order valence-electron chi connectivity index (χ3n) is 4.37.